The van der Waals surface area contributed by atoms with Gasteiger partial charge in [0.2, 0.25) is 5.82 Å². The van der Waals surface area contributed by atoms with Gasteiger partial charge in [-0.25, -0.2) is 9.97 Å². The molecule has 0 spiro atoms. The second-order valence-corrected chi connectivity index (χ2v) is 6.37. The van der Waals surface area contributed by atoms with Gasteiger partial charge < -0.3 is 0 Å². The molecule has 0 atom stereocenters. The van der Waals surface area contributed by atoms with Crippen molar-refractivity contribution in [3.63, 3.8) is 0 Å². The van der Waals surface area contributed by atoms with Crippen LogP contribution in [0.1, 0.15) is 33.9 Å². The van der Waals surface area contributed by atoms with Crippen molar-refractivity contribution in [2.45, 2.75) is 18.5 Å². The summed E-state index contributed by atoms with van der Waals surface area (Å²) in [5, 5.41) is 44.6. The number of benzene rings is 1. The first-order chi connectivity index (χ1) is 16.5. The van der Waals surface area contributed by atoms with Crippen LogP contribution in [-0.4, -0.2) is 9.97 Å². The van der Waals surface area contributed by atoms with E-state index in [4.69, 9.17) is 10.5 Å². The Morgan fingerprint density at radius 3 is 1.36 bits per heavy atom. The molecule has 16 heteroatoms. The maximum Gasteiger partial charge on any atom is 0.451 e. The summed E-state index contributed by atoms with van der Waals surface area (Å²) in [4.78, 5) is 4.37. The average molecular weight is 511 g/mol. The van der Waals surface area contributed by atoms with Gasteiger partial charge in [-0.15, -0.1) is 0 Å². The summed E-state index contributed by atoms with van der Waals surface area (Å²) in [6, 6.07) is 7.47. The normalized spacial score (nSPS) is 12.3. The number of hydrogen-bond donors (Lipinski definition) is 0. The van der Waals surface area contributed by atoms with Gasteiger partial charge in [-0.05, 0) is 12.1 Å². The van der Waals surface area contributed by atoms with Crippen LogP contribution in [0.5, 0.6) is 0 Å². The summed E-state index contributed by atoms with van der Waals surface area (Å²) < 4.78 is 121. The molecule has 0 aliphatic heterocycles. The van der Waals surface area contributed by atoms with Crippen LogP contribution in [0, 0.1) is 56.7 Å². The maximum absolute atomic E-state index is 13.6. The minimum absolute atomic E-state index is 0.444. The molecule has 7 nitrogen and oxygen atoms in total. The molecular weight excluding hydrogens is 509 g/mol. The summed E-state index contributed by atoms with van der Waals surface area (Å²) in [5.74, 6) is -2.79. The molecule has 0 saturated carbocycles. The highest BCUT2D eigenvalue weighted by Crippen LogP contribution is 2.42. The standard InChI is InChI=1S/C20H2F9N7/c21-18(22,23)15-14(16(19(24,25)26)36-17(35-15)20(27,28)29)13(7-34)12-2-8(3-30)11(1-9(12)4-31)10(5-32)6-33/h1-2H/b13-12-. The van der Waals surface area contributed by atoms with Gasteiger partial charge in [0.1, 0.15) is 23.8 Å². The highest BCUT2D eigenvalue weighted by molar-refractivity contribution is 5.81. The van der Waals surface area contributed by atoms with Crippen molar-refractivity contribution in [2.24, 2.45) is 0 Å². The first-order valence-electron chi connectivity index (χ1n) is 8.62. The van der Waals surface area contributed by atoms with Gasteiger partial charge in [-0.3, -0.25) is 0 Å². The Hall–Kier alpha value is -5.14. The van der Waals surface area contributed by atoms with Crippen molar-refractivity contribution in [3.05, 3.63) is 56.5 Å². The van der Waals surface area contributed by atoms with E-state index < -0.39 is 74.0 Å². The molecule has 1 heterocycles. The molecule has 0 bridgehead atoms. The smallest absolute Gasteiger partial charge is 0.219 e. The van der Waals surface area contributed by atoms with Crippen molar-refractivity contribution in [1.82, 2.24) is 9.97 Å². The minimum Gasteiger partial charge on any atom is -0.219 e. The molecule has 36 heavy (non-hydrogen) atoms. The van der Waals surface area contributed by atoms with E-state index in [9.17, 15) is 55.3 Å². The van der Waals surface area contributed by atoms with Crippen LogP contribution in [0.4, 0.5) is 39.5 Å². The average Bonchev–Trinajstić information content (AvgIpc) is 2.78. The van der Waals surface area contributed by atoms with Crippen molar-refractivity contribution < 1.29 is 39.5 Å². The number of alkyl halides is 9. The molecular formula is C20H2F9N7. The largest absolute Gasteiger partial charge is 0.451 e. The Labute approximate surface area is 193 Å². The van der Waals surface area contributed by atoms with Crippen LogP contribution in [0.3, 0.4) is 0 Å². The minimum atomic E-state index is -5.98. The summed E-state index contributed by atoms with van der Waals surface area (Å²) in [5.41, 5.74) is -11.8. The van der Waals surface area contributed by atoms with Crippen molar-refractivity contribution in [2.75, 3.05) is 0 Å². The van der Waals surface area contributed by atoms with Gasteiger partial charge in [-0.2, -0.15) is 65.8 Å². The SMILES string of the molecule is N#CC(C#N)=c1cc(C#N)/c(=C(/C#N)c2c(C(F)(F)F)nc(C(F)(F)F)nc2C(F)(F)F)cc1C#N. The molecule has 0 unspecified atom stereocenters. The molecule has 0 saturated heterocycles. The first kappa shape index (κ1) is 27.1. The van der Waals surface area contributed by atoms with Crippen LogP contribution < -0.4 is 10.4 Å². The Bertz CT molecular complexity index is 1540. The van der Waals surface area contributed by atoms with E-state index >= 15 is 0 Å². The van der Waals surface area contributed by atoms with Crippen LogP contribution in [0.25, 0.3) is 11.1 Å². The Balaban J connectivity index is 3.40. The molecule has 0 radical (unpaired) electrons. The van der Waals surface area contributed by atoms with E-state index in [1.807, 2.05) is 0 Å². The highest BCUT2D eigenvalue weighted by Gasteiger charge is 2.48. The number of halogens is 9. The number of rotatable bonds is 1. The summed E-state index contributed by atoms with van der Waals surface area (Å²) in [6.07, 6.45) is -17.8. The fraction of sp³-hybridized carbons (Fsp3) is 0.150. The van der Waals surface area contributed by atoms with Gasteiger partial charge in [0, 0.05) is 10.4 Å². The Morgan fingerprint density at radius 1 is 0.611 bits per heavy atom. The molecule has 0 fully saturated rings. The third-order valence-electron chi connectivity index (χ3n) is 4.22. The number of nitriles is 5. The van der Waals surface area contributed by atoms with Gasteiger partial charge in [0.15, 0.2) is 11.4 Å². The van der Waals surface area contributed by atoms with Crippen molar-refractivity contribution >= 4 is 11.1 Å². The lowest BCUT2D eigenvalue weighted by molar-refractivity contribution is -0.159. The molecule has 2 rings (SSSR count). The predicted octanol–water partition coefficient (Wildman–Crippen LogP) is 3.20. The topological polar surface area (TPSA) is 145 Å². The van der Waals surface area contributed by atoms with E-state index in [0.29, 0.717) is 12.1 Å². The number of aromatic nitrogens is 2. The second kappa shape index (κ2) is 9.25. The lowest BCUT2D eigenvalue weighted by Crippen LogP contribution is -2.28. The molecule has 1 aromatic heterocycles. The second-order valence-electron chi connectivity index (χ2n) is 6.37. The zero-order valence-electron chi connectivity index (χ0n) is 16.7. The number of hydrogen-bond acceptors (Lipinski definition) is 7. The van der Waals surface area contributed by atoms with Gasteiger partial charge in [0.25, 0.3) is 0 Å². The fourth-order valence-corrected chi connectivity index (χ4v) is 2.83. The van der Waals surface area contributed by atoms with E-state index in [2.05, 4.69) is 9.97 Å². The molecule has 0 N–H and O–H groups in total. The first-order valence-corrected chi connectivity index (χ1v) is 8.62. The Morgan fingerprint density at radius 2 is 1.03 bits per heavy atom. The van der Waals surface area contributed by atoms with Crippen LogP contribution in [-0.2, 0) is 18.5 Å². The van der Waals surface area contributed by atoms with Crippen LogP contribution in [0.15, 0.2) is 12.1 Å². The molecule has 0 amide bonds. The van der Waals surface area contributed by atoms with E-state index in [1.165, 1.54) is 24.3 Å². The van der Waals surface area contributed by atoms with E-state index in [-0.39, 0.29) is 0 Å². The summed E-state index contributed by atoms with van der Waals surface area (Å²) in [7, 11) is 0. The molecule has 0 aliphatic carbocycles. The van der Waals surface area contributed by atoms with Crippen molar-refractivity contribution in [3.8, 4) is 30.3 Å². The molecule has 1 aromatic carbocycles. The summed E-state index contributed by atoms with van der Waals surface area (Å²) in [6.45, 7) is 0. The lowest BCUT2D eigenvalue weighted by Gasteiger charge is -2.19. The van der Waals surface area contributed by atoms with Gasteiger partial charge in [-0.1, -0.05) is 0 Å². The number of nitrogens with zero attached hydrogens (tertiary/aromatic N) is 7. The van der Waals surface area contributed by atoms with E-state index in [0.717, 1.165) is 6.07 Å². The van der Waals surface area contributed by atoms with Crippen LogP contribution in [0.2, 0.25) is 0 Å². The predicted molar refractivity (Wildman–Crippen MR) is 94.9 cm³/mol. The van der Waals surface area contributed by atoms with E-state index in [1.54, 1.807) is 0 Å². The molecule has 0 aliphatic rings. The third-order valence-corrected chi connectivity index (χ3v) is 4.22. The zero-order valence-corrected chi connectivity index (χ0v) is 16.7. The fourth-order valence-electron chi connectivity index (χ4n) is 2.83. The maximum atomic E-state index is 13.6. The monoisotopic (exact) mass is 511 g/mol. The van der Waals surface area contributed by atoms with Gasteiger partial charge >= 0.3 is 18.5 Å². The van der Waals surface area contributed by atoms with Gasteiger partial charge in [0.05, 0.1) is 34.4 Å². The molecule has 180 valence electrons. The highest BCUT2D eigenvalue weighted by atomic mass is 19.4. The lowest BCUT2D eigenvalue weighted by atomic mass is 9.95. The Kier molecular flexibility index (Phi) is 6.96. The van der Waals surface area contributed by atoms with Crippen molar-refractivity contribution in [1.29, 1.82) is 26.3 Å². The zero-order chi connectivity index (χ0) is 27.6. The summed E-state index contributed by atoms with van der Waals surface area (Å²) >= 11 is 0. The molecule has 2 aromatic rings. The van der Waals surface area contributed by atoms with Crippen LogP contribution >= 0.6 is 0 Å². The quantitative estimate of drug-likeness (QED) is 0.535. The third kappa shape index (κ3) is 5.01.